The molecule has 0 atom stereocenters. The lowest BCUT2D eigenvalue weighted by molar-refractivity contribution is -0.185. The van der Waals surface area contributed by atoms with Gasteiger partial charge in [-0.15, -0.1) is 0 Å². The van der Waals surface area contributed by atoms with E-state index in [-0.39, 0.29) is 29.0 Å². The molecule has 10 heteroatoms. The number of alkyl halides is 2. The van der Waals surface area contributed by atoms with Crippen LogP contribution >= 0.6 is 0 Å². The van der Waals surface area contributed by atoms with Gasteiger partial charge in [0.15, 0.2) is 29.0 Å². The Morgan fingerprint density at radius 2 is 1.36 bits per heavy atom. The molecule has 0 spiro atoms. The van der Waals surface area contributed by atoms with E-state index < -0.39 is 52.3 Å². The summed E-state index contributed by atoms with van der Waals surface area (Å²) in [5.41, 5.74) is -0.689. The monoisotopic (exact) mass is 552 g/mol. The summed E-state index contributed by atoms with van der Waals surface area (Å²) in [5.74, 6) is -8.96. The third kappa shape index (κ3) is 6.16. The smallest absolute Gasteiger partial charge is 0.426 e. The summed E-state index contributed by atoms with van der Waals surface area (Å²) < 4.78 is 122. The molecule has 0 fully saturated rings. The van der Waals surface area contributed by atoms with Crippen molar-refractivity contribution in [1.29, 1.82) is 0 Å². The lowest BCUT2D eigenvalue weighted by atomic mass is 10.0. The quantitative estimate of drug-likeness (QED) is 0.153. The highest BCUT2D eigenvalue weighted by atomic mass is 19.3. The average Bonchev–Trinajstić information content (AvgIpc) is 2.89. The van der Waals surface area contributed by atoms with Crippen molar-refractivity contribution < 1.29 is 44.6 Å². The topological polar surface area (TPSA) is 18.5 Å². The Hall–Kier alpha value is -4.08. The fourth-order valence-electron chi connectivity index (χ4n) is 3.81. The number of halogens is 8. The van der Waals surface area contributed by atoms with Crippen LogP contribution in [0.1, 0.15) is 30.0 Å². The minimum absolute atomic E-state index is 0.224. The first-order valence-electron chi connectivity index (χ1n) is 11.7. The molecule has 0 aliphatic carbocycles. The third-order valence-electron chi connectivity index (χ3n) is 5.81. The van der Waals surface area contributed by atoms with Crippen LogP contribution in [0.4, 0.5) is 35.1 Å². The van der Waals surface area contributed by atoms with Crippen molar-refractivity contribution in [1.82, 2.24) is 0 Å². The maximum Gasteiger partial charge on any atom is 0.426 e. The Bertz CT molecular complexity index is 1460. The molecule has 204 valence electrons. The van der Waals surface area contributed by atoms with Gasteiger partial charge >= 0.3 is 6.11 Å². The van der Waals surface area contributed by atoms with Gasteiger partial charge in [0.05, 0.1) is 5.56 Å². The zero-order valence-electron chi connectivity index (χ0n) is 20.3. The molecular formula is C29H20F8O2. The van der Waals surface area contributed by atoms with Gasteiger partial charge in [0.1, 0.15) is 18.2 Å². The Balaban J connectivity index is 1.44. The van der Waals surface area contributed by atoms with E-state index in [1.54, 1.807) is 0 Å². The van der Waals surface area contributed by atoms with Crippen molar-refractivity contribution in [3.8, 4) is 22.6 Å². The van der Waals surface area contributed by atoms with Gasteiger partial charge in [-0.2, -0.15) is 13.2 Å². The molecule has 0 aliphatic heterocycles. The largest absolute Gasteiger partial charge is 0.486 e. The predicted molar refractivity (Wildman–Crippen MR) is 127 cm³/mol. The Morgan fingerprint density at radius 3 is 1.97 bits per heavy atom. The molecule has 4 rings (SSSR count). The number of ether oxygens (including phenoxy) is 2. The lowest BCUT2D eigenvalue weighted by Crippen LogP contribution is -2.22. The van der Waals surface area contributed by atoms with Crippen LogP contribution in [0, 0.1) is 34.9 Å². The highest BCUT2D eigenvalue weighted by Gasteiger charge is 2.34. The van der Waals surface area contributed by atoms with Gasteiger partial charge in [-0.3, -0.25) is 0 Å². The van der Waals surface area contributed by atoms with E-state index in [1.165, 1.54) is 24.3 Å². The second-order valence-corrected chi connectivity index (χ2v) is 8.60. The maximum atomic E-state index is 14.7. The second kappa shape index (κ2) is 11.3. The average molecular weight is 552 g/mol. The summed E-state index contributed by atoms with van der Waals surface area (Å²) in [5, 5.41) is 0. The number of hydrogen-bond donors (Lipinski definition) is 0. The molecule has 2 nitrogen and oxygen atoms in total. The summed E-state index contributed by atoms with van der Waals surface area (Å²) in [7, 11) is 0. The molecule has 0 radical (unpaired) electrons. The summed E-state index contributed by atoms with van der Waals surface area (Å²) in [4.78, 5) is 0. The maximum absolute atomic E-state index is 14.7. The van der Waals surface area contributed by atoms with Crippen LogP contribution in [0.3, 0.4) is 0 Å². The number of rotatable bonds is 9. The van der Waals surface area contributed by atoms with Crippen LogP contribution in [-0.4, -0.2) is 0 Å². The summed E-state index contributed by atoms with van der Waals surface area (Å²) in [6.45, 7) is 1.60. The van der Waals surface area contributed by atoms with E-state index in [4.69, 9.17) is 4.74 Å². The minimum atomic E-state index is -3.91. The normalized spacial score (nSPS) is 11.5. The summed E-state index contributed by atoms with van der Waals surface area (Å²) in [6, 6.07) is 11.0. The first-order valence-corrected chi connectivity index (χ1v) is 11.7. The lowest BCUT2D eigenvalue weighted by Gasteiger charge is -2.19. The number of hydrogen-bond acceptors (Lipinski definition) is 2. The first-order chi connectivity index (χ1) is 18.5. The Morgan fingerprint density at radius 1 is 0.692 bits per heavy atom. The van der Waals surface area contributed by atoms with Crippen LogP contribution in [0.15, 0.2) is 66.7 Å². The SMILES string of the molecule is CCCc1ccc(OCc2ccc(C(F)(F)Oc3ccc(-c4cc(F)c(F)c(F)c4)c(F)c3)cc2)c(F)c1F. The minimum Gasteiger partial charge on any atom is -0.486 e. The van der Waals surface area contributed by atoms with Crippen LogP contribution in [0.2, 0.25) is 0 Å². The van der Waals surface area contributed by atoms with Crippen LogP contribution in [0.25, 0.3) is 11.1 Å². The molecule has 0 saturated carbocycles. The van der Waals surface area contributed by atoms with Crippen molar-refractivity contribution in [2.75, 3.05) is 0 Å². The molecule has 0 heterocycles. The molecule has 0 unspecified atom stereocenters. The molecule has 0 aromatic heterocycles. The van der Waals surface area contributed by atoms with Gasteiger partial charge in [0, 0.05) is 11.6 Å². The van der Waals surface area contributed by atoms with Crippen molar-refractivity contribution in [2.24, 2.45) is 0 Å². The van der Waals surface area contributed by atoms with Gasteiger partial charge in [0.2, 0.25) is 5.82 Å². The van der Waals surface area contributed by atoms with Crippen LogP contribution in [0.5, 0.6) is 11.5 Å². The first kappa shape index (κ1) is 27.9. The van der Waals surface area contributed by atoms with Crippen LogP contribution in [-0.2, 0) is 19.1 Å². The highest BCUT2D eigenvalue weighted by Crippen LogP contribution is 2.35. The Labute approximate surface area is 218 Å². The Kier molecular flexibility index (Phi) is 8.13. The fraction of sp³-hybridized carbons (Fsp3) is 0.172. The van der Waals surface area contributed by atoms with Gasteiger partial charge in [-0.1, -0.05) is 31.5 Å². The van der Waals surface area contributed by atoms with Crippen LogP contribution < -0.4 is 9.47 Å². The number of benzene rings is 4. The summed E-state index contributed by atoms with van der Waals surface area (Å²) >= 11 is 0. The number of aryl methyl sites for hydroxylation is 1. The highest BCUT2D eigenvalue weighted by molar-refractivity contribution is 5.65. The van der Waals surface area contributed by atoms with Crippen molar-refractivity contribution in [3.05, 3.63) is 118 Å². The van der Waals surface area contributed by atoms with E-state index in [0.29, 0.717) is 36.6 Å². The van der Waals surface area contributed by atoms with Crippen molar-refractivity contribution in [3.63, 3.8) is 0 Å². The standard InChI is InChI=1S/C29H20F8O2/c1-2-3-17-6-11-25(28(35)26(17)33)38-15-16-4-7-19(8-5-16)29(36,37)39-20-9-10-21(22(30)14-20)18-12-23(31)27(34)24(32)13-18/h4-14H,2-3,15H2,1H3. The van der Waals surface area contributed by atoms with Crippen molar-refractivity contribution in [2.45, 2.75) is 32.5 Å². The zero-order valence-corrected chi connectivity index (χ0v) is 20.3. The van der Waals surface area contributed by atoms with Gasteiger partial charge in [-0.25, -0.2) is 22.0 Å². The van der Waals surface area contributed by atoms with Crippen molar-refractivity contribution >= 4 is 0 Å². The molecule has 0 amide bonds. The van der Waals surface area contributed by atoms with E-state index in [2.05, 4.69) is 4.74 Å². The third-order valence-corrected chi connectivity index (χ3v) is 5.81. The molecule has 4 aromatic carbocycles. The molecule has 39 heavy (non-hydrogen) atoms. The molecule has 0 aliphatic rings. The fourth-order valence-corrected chi connectivity index (χ4v) is 3.81. The molecule has 0 N–H and O–H groups in total. The van der Waals surface area contributed by atoms with E-state index >= 15 is 0 Å². The molecule has 0 bridgehead atoms. The molecule has 0 saturated heterocycles. The van der Waals surface area contributed by atoms with E-state index in [1.807, 2.05) is 6.92 Å². The molecule has 4 aromatic rings. The van der Waals surface area contributed by atoms with Gasteiger partial charge < -0.3 is 9.47 Å². The zero-order chi connectivity index (χ0) is 28.3. The van der Waals surface area contributed by atoms with Gasteiger partial charge in [-0.05, 0) is 65.6 Å². The second-order valence-electron chi connectivity index (χ2n) is 8.60. The summed E-state index contributed by atoms with van der Waals surface area (Å²) in [6.07, 6.45) is -2.91. The van der Waals surface area contributed by atoms with E-state index in [0.717, 1.165) is 24.3 Å². The van der Waals surface area contributed by atoms with E-state index in [9.17, 15) is 35.1 Å². The van der Waals surface area contributed by atoms with Gasteiger partial charge in [0.25, 0.3) is 0 Å². The predicted octanol–water partition coefficient (Wildman–Crippen LogP) is 8.85. The molecular weight excluding hydrogens is 532 g/mol.